The minimum atomic E-state index is -0.143. The molecule has 2 N–H and O–H groups in total. The van der Waals surface area contributed by atoms with Crippen LogP contribution in [0.25, 0.3) is 0 Å². The Labute approximate surface area is 150 Å². The van der Waals surface area contributed by atoms with Crippen molar-refractivity contribution in [2.24, 2.45) is 13.0 Å². The topological polar surface area (TPSA) is 71.4 Å². The molecule has 2 saturated heterocycles. The summed E-state index contributed by atoms with van der Waals surface area (Å²) in [6, 6.07) is 0.434. The van der Waals surface area contributed by atoms with E-state index < -0.39 is 0 Å². The van der Waals surface area contributed by atoms with Gasteiger partial charge in [-0.3, -0.25) is 9.48 Å². The molecule has 140 valence electrons. The van der Waals surface area contributed by atoms with Crippen LogP contribution in [-0.2, 0) is 16.6 Å². The van der Waals surface area contributed by atoms with Crippen molar-refractivity contribution < 1.29 is 9.53 Å². The number of ether oxygens (including phenoxy) is 1. The van der Waals surface area contributed by atoms with Gasteiger partial charge in [-0.1, -0.05) is 13.8 Å². The number of hydrogen-bond donors (Lipinski definition) is 2. The van der Waals surface area contributed by atoms with Crippen molar-refractivity contribution in [3.8, 4) is 0 Å². The highest BCUT2D eigenvalue weighted by molar-refractivity contribution is 5.82. The number of carbonyl (C=O) groups is 1. The summed E-state index contributed by atoms with van der Waals surface area (Å²) in [4.78, 5) is 15.1. The highest BCUT2D eigenvalue weighted by Crippen LogP contribution is 2.19. The molecule has 1 amide bonds. The highest BCUT2D eigenvalue weighted by atomic mass is 16.5. The summed E-state index contributed by atoms with van der Waals surface area (Å²) in [7, 11) is 1.92. The van der Waals surface area contributed by atoms with E-state index in [1.807, 2.05) is 24.1 Å². The molecule has 25 heavy (non-hydrogen) atoms. The van der Waals surface area contributed by atoms with Crippen LogP contribution in [0.4, 0.5) is 5.69 Å². The van der Waals surface area contributed by atoms with Crippen LogP contribution in [0.15, 0.2) is 12.4 Å². The van der Waals surface area contributed by atoms with Gasteiger partial charge < -0.3 is 20.3 Å². The Morgan fingerprint density at radius 1 is 1.28 bits per heavy atom. The van der Waals surface area contributed by atoms with E-state index in [4.69, 9.17) is 4.74 Å². The van der Waals surface area contributed by atoms with Gasteiger partial charge in [0, 0.05) is 51.6 Å². The molecule has 0 bridgehead atoms. The fourth-order valence-corrected chi connectivity index (χ4v) is 3.66. The molecule has 2 aliphatic heterocycles. The molecule has 2 aliphatic rings. The van der Waals surface area contributed by atoms with Crippen molar-refractivity contribution in [3.63, 3.8) is 0 Å². The number of nitrogens with zero attached hydrogens (tertiary/aromatic N) is 3. The minimum Gasteiger partial charge on any atom is -0.381 e. The van der Waals surface area contributed by atoms with Gasteiger partial charge in [0.05, 0.1) is 17.9 Å². The quantitative estimate of drug-likeness (QED) is 0.799. The van der Waals surface area contributed by atoms with Crippen LogP contribution in [-0.4, -0.2) is 60.1 Å². The number of nitrogens with one attached hydrogen (secondary N) is 2. The summed E-state index contributed by atoms with van der Waals surface area (Å²) in [5.41, 5.74) is 1.12. The maximum atomic E-state index is 12.8. The van der Waals surface area contributed by atoms with Gasteiger partial charge in [0.15, 0.2) is 0 Å². The first-order valence-electron chi connectivity index (χ1n) is 9.40. The fourth-order valence-electron chi connectivity index (χ4n) is 3.66. The van der Waals surface area contributed by atoms with Crippen molar-refractivity contribution in [1.82, 2.24) is 20.4 Å². The second-order valence-corrected chi connectivity index (χ2v) is 7.59. The number of hydrogen-bond acceptors (Lipinski definition) is 5. The normalized spacial score (nSPS) is 23.2. The van der Waals surface area contributed by atoms with Crippen LogP contribution in [0.1, 0.15) is 33.1 Å². The van der Waals surface area contributed by atoms with E-state index in [1.165, 1.54) is 0 Å². The second kappa shape index (κ2) is 8.19. The summed E-state index contributed by atoms with van der Waals surface area (Å²) in [6.07, 6.45) is 6.84. The van der Waals surface area contributed by atoms with Crippen LogP contribution in [0.5, 0.6) is 0 Å². The molecule has 3 heterocycles. The summed E-state index contributed by atoms with van der Waals surface area (Å²) >= 11 is 0. The summed E-state index contributed by atoms with van der Waals surface area (Å²) < 4.78 is 7.23. The lowest BCUT2D eigenvalue weighted by molar-refractivity contribution is -0.125. The van der Waals surface area contributed by atoms with Crippen LogP contribution >= 0.6 is 0 Å². The first-order valence-corrected chi connectivity index (χ1v) is 9.40. The van der Waals surface area contributed by atoms with Crippen molar-refractivity contribution in [2.45, 2.75) is 51.2 Å². The van der Waals surface area contributed by atoms with Crippen molar-refractivity contribution in [2.75, 3.05) is 31.2 Å². The van der Waals surface area contributed by atoms with Crippen molar-refractivity contribution in [1.29, 1.82) is 0 Å². The van der Waals surface area contributed by atoms with E-state index in [-0.39, 0.29) is 23.9 Å². The fraction of sp³-hybridized carbons (Fsp3) is 0.778. The molecular formula is C18H31N5O2. The zero-order valence-electron chi connectivity index (χ0n) is 15.6. The van der Waals surface area contributed by atoms with Crippen LogP contribution in [0, 0.1) is 5.92 Å². The van der Waals surface area contributed by atoms with Gasteiger partial charge in [0.1, 0.15) is 0 Å². The van der Waals surface area contributed by atoms with Gasteiger partial charge in [-0.05, 0) is 25.2 Å². The predicted octanol–water partition coefficient (Wildman–Crippen LogP) is 0.908. The molecule has 7 heteroatoms. The van der Waals surface area contributed by atoms with Gasteiger partial charge in [-0.15, -0.1) is 0 Å². The second-order valence-electron chi connectivity index (χ2n) is 7.59. The average Bonchev–Trinajstić information content (AvgIpc) is 3.22. The molecule has 1 aromatic heterocycles. The first-order chi connectivity index (χ1) is 12.0. The van der Waals surface area contributed by atoms with E-state index in [2.05, 4.69) is 34.5 Å². The molecule has 0 spiro atoms. The molecule has 0 saturated carbocycles. The zero-order valence-corrected chi connectivity index (χ0v) is 15.6. The Bertz CT molecular complexity index is 568. The molecule has 0 aromatic carbocycles. The van der Waals surface area contributed by atoms with Gasteiger partial charge >= 0.3 is 0 Å². The van der Waals surface area contributed by atoms with E-state index in [0.717, 1.165) is 51.3 Å². The number of aryl methyl sites for hydroxylation is 1. The van der Waals surface area contributed by atoms with Gasteiger partial charge in [-0.25, -0.2) is 0 Å². The van der Waals surface area contributed by atoms with Crippen molar-refractivity contribution >= 4 is 11.6 Å². The Balaban J connectivity index is 1.52. The molecular weight excluding hydrogens is 318 g/mol. The molecule has 0 unspecified atom stereocenters. The average molecular weight is 349 g/mol. The number of rotatable bonds is 6. The van der Waals surface area contributed by atoms with E-state index >= 15 is 0 Å². The van der Waals surface area contributed by atoms with Crippen LogP contribution < -0.4 is 15.5 Å². The molecule has 3 rings (SSSR count). The van der Waals surface area contributed by atoms with Gasteiger partial charge in [0.25, 0.3) is 0 Å². The number of carbonyl (C=O) groups excluding carboxylic acids is 1. The molecule has 2 fully saturated rings. The number of amides is 1. The largest absolute Gasteiger partial charge is 0.381 e. The monoisotopic (exact) mass is 349 g/mol. The maximum Gasteiger partial charge on any atom is 0.237 e. The van der Waals surface area contributed by atoms with Crippen LogP contribution in [0.2, 0.25) is 0 Å². The lowest BCUT2D eigenvalue weighted by Gasteiger charge is -2.30. The van der Waals surface area contributed by atoms with E-state index in [9.17, 15) is 4.79 Å². The molecule has 2 atom stereocenters. The van der Waals surface area contributed by atoms with Crippen LogP contribution in [0.3, 0.4) is 0 Å². The Kier molecular flexibility index (Phi) is 5.96. The maximum absolute atomic E-state index is 12.8. The third-order valence-electron chi connectivity index (χ3n) is 5.18. The van der Waals surface area contributed by atoms with E-state index in [0.29, 0.717) is 6.04 Å². The van der Waals surface area contributed by atoms with Gasteiger partial charge in [-0.2, -0.15) is 5.10 Å². The summed E-state index contributed by atoms with van der Waals surface area (Å²) in [5.74, 6) is 0.387. The third kappa shape index (κ3) is 4.73. The standard InChI is InChI=1S/C18H31N5O2/c1-13(2)17(20-14-5-8-25-9-6-14)18(24)21-15-4-7-23(11-15)16-10-19-22(3)12-16/h10,12-15,17,20H,4-9,11H2,1-3H3,(H,21,24)/t15-,17-/m0/s1. The van der Waals surface area contributed by atoms with E-state index in [1.54, 1.807) is 0 Å². The smallest absolute Gasteiger partial charge is 0.237 e. The molecule has 1 aromatic rings. The lowest BCUT2D eigenvalue weighted by Crippen LogP contribution is -2.54. The van der Waals surface area contributed by atoms with Gasteiger partial charge in [0.2, 0.25) is 5.91 Å². The third-order valence-corrected chi connectivity index (χ3v) is 5.18. The minimum absolute atomic E-state index is 0.125. The lowest BCUT2D eigenvalue weighted by atomic mass is 9.99. The van der Waals surface area contributed by atoms with Crippen molar-refractivity contribution in [3.05, 3.63) is 12.4 Å². The SMILES string of the molecule is CC(C)[C@H](NC1CCOCC1)C(=O)N[C@H]1CCN(c2cnn(C)c2)C1. The number of aromatic nitrogens is 2. The molecule has 0 aliphatic carbocycles. The summed E-state index contributed by atoms with van der Waals surface area (Å²) in [6.45, 7) is 7.58. The highest BCUT2D eigenvalue weighted by Gasteiger charge is 2.30. The molecule has 7 nitrogen and oxygen atoms in total. The first kappa shape index (κ1) is 18.2. The molecule has 0 radical (unpaired) electrons. The number of anilines is 1. The predicted molar refractivity (Wildman–Crippen MR) is 97.6 cm³/mol. The summed E-state index contributed by atoms with van der Waals surface area (Å²) in [5, 5.41) is 11.0. The zero-order chi connectivity index (χ0) is 17.8. The Morgan fingerprint density at radius 2 is 2.04 bits per heavy atom. The Morgan fingerprint density at radius 3 is 2.68 bits per heavy atom. The Hall–Kier alpha value is -1.60.